The van der Waals surface area contributed by atoms with Crippen LogP contribution in [0, 0.1) is 15.4 Å². The standard InChI is InChI=1S/C12H15IN2O2S/c13-11-2-1-3-12(4-11)18(16,17)15-7-9-5-14-6-10(9)8-15/h1-4,9-10,14H,5-8H2/t9-,10+. The van der Waals surface area contributed by atoms with Crippen LogP contribution in [0.25, 0.3) is 0 Å². The summed E-state index contributed by atoms with van der Waals surface area (Å²) >= 11 is 2.14. The molecule has 18 heavy (non-hydrogen) atoms. The fraction of sp³-hybridized carbons (Fsp3) is 0.500. The maximum atomic E-state index is 12.5. The minimum Gasteiger partial charge on any atom is -0.316 e. The largest absolute Gasteiger partial charge is 0.316 e. The number of sulfonamides is 1. The smallest absolute Gasteiger partial charge is 0.243 e. The first kappa shape index (κ1) is 12.8. The fourth-order valence-corrected chi connectivity index (χ4v) is 5.14. The predicted molar refractivity (Wildman–Crippen MR) is 77.8 cm³/mol. The normalized spacial score (nSPS) is 28.5. The highest BCUT2D eigenvalue weighted by Gasteiger charge is 2.41. The third-order valence-corrected chi connectivity index (χ3v) is 6.29. The van der Waals surface area contributed by atoms with Crippen molar-refractivity contribution < 1.29 is 8.42 Å². The number of halogens is 1. The molecule has 2 aliphatic heterocycles. The van der Waals surface area contributed by atoms with Gasteiger partial charge in [0.25, 0.3) is 0 Å². The van der Waals surface area contributed by atoms with Gasteiger partial charge in [-0.15, -0.1) is 0 Å². The van der Waals surface area contributed by atoms with Gasteiger partial charge in [0.1, 0.15) is 0 Å². The zero-order chi connectivity index (χ0) is 12.8. The molecule has 0 aliphatic carbocycles. The molecule has 1 N–H and O–H groups in total. The Morgan fingerprint density at radius 1 is 1.22 bits per heavy atom. The van der Waals surface area contributed by atoms with E-state index >= 15 is 0 Å². The number of hydrogen-bond acceptors (Lipinski definition) is 3. The first-order valence-corrected chi connectivity index (χ1v) is 8.56. The van der Waals surface area contributed by atoms with Crippen LogP contribution in [0.4, 0.5) is 0 Å². The second-order valence-corrected chi connectivity index (χ2v) is 8.14. The predicted octanol–water partition coefficient (Wildman–Crippen LogP) is 1.13. The van der Waals surface area contributed by atoms with Crippen molar-refractivity contribution >= 4 is 32.6 Å². The second kappa shape index (κ2) is 4.73. The van der Waals surface area contributed by atoms with Crippen LogP contribution in [-0.2, 0) is 10.0 Å². The summed E-state index contributed by atoms with van der Waals surface area (Å²) in [6.07, 6.45) is 0. The van der Waals surface area contributed by atoms with Crippen molar-refractivity contribution in [1.29, 1.82) is 0 Å². The summed E-state index contributed by atoms with van der Waals surface area (Å²) in [6.45, 7) is 3.21. The van der Waals surface area contributed by atoms with E-state index < -0.39 is 10.0 Å². The van der Waals surface area contributed by atoms with Gasteiger partial charge >= 0.3 is 0 Å². The molecule has 2 aliphatic rings. The van der Waals surface area contributed by atoms with E-state index in [0.717, 1.165) is 16.7 Å². The molecule has 2 heterocycles. The fourth-order valence-electron chi connectivity index (χ4n) is 2.79. The summed E-state index contributed by atoms with van der Waals surface area (Å²) in [6, 6.07) is 7.13. The SMILES string of the molecule is O=S(=O)(c1cccc(I)c1)N1C[C@H]2CNC[C@H]2C1. The molecule has 0 aromatic heterocycles. The Morgan fingerprint density at radius 3 is 2.50 bits per heavy atom. The minimum atomic E-state index is -3.30. The molecule has 0 spiro atoms. The number of hydrogen-bond donors (Lipinski definition) is 1. The monoisotopic (exact) mass is 378 g/mol. The van der Waals surface area contributed by atoms with Gasteiger partial charge in [0.15, 0.2) is 0 Å². The van der Waals surface area contributed by atoms with Crippen LogP contribution in [0.3, 0.4) is 0 Å². The van der Waals surface area contributed by atoms with E-state index in [2.05, 4.69) is 27.9 Å². The summed E-state index contributed by atoms with van der Waals surface area (Å²) < 4.78 is 27.6. The first-order valence-electron chi connectivity index (χ1n) is 6.04. The van der Waals surface area contributed by atoms with E-state index in [1.54, 1.807) is 22.5 Å². The van der Waals surface area contributed by atoms with Crippen LogP contribution >= 0.6 is 22.6 Å². The maximum Gasteiger partial charge on any atom is 0.243 e. The van der Waals surface area contributed by atoms with Gasteiger partial charge in [-0.3, -0.25) is 0 Å². The summed E-state index contributed by atoms with van der Waals surface area (Å²) in [5, 5.41) is 3.32. The Kier molecular flexibility index (Phi) is 3.38. The molecule has 4 nitrogen and oxygen atoms in total. The molecule has 0 saturated carbocycles. The Bertz CT molecular complexity index is 549. The molecule has 2 atom stereocenters. The average molecular weight is 378 g/mol. The van der Waals surface area contributed by atoms with E-state index in [1.807, 2.05) is 6.07 Å². The van der Waals surface area contributed by atoms with Crippen LogP contribution < -0.4 is 5.32 Å². The molecule has 0 bridgehead atoms. The molecule has 0 amide bonds. The van der Waals surface area contributed by atoms with Crippen molar-refractivity contribution in [2.45, 2.75) is 4.90 Å². The zero-order valence-electron chi connectivity index (χ0n) is 9.84. The molecule has 1 aromatic rings. The molecular weight excluding hydrogens is 363 g/mol. The van der Waals surface area contributed by atoms with Crippen molar-refractivity contribution in [3.8, 4) is 0 Å². The van der Waals surface area contributed by atoms with E-state index in [-0.39, 0.29) is 0 Å². The second-order valence-electron chi connectivity index (χ2n) is 4.96. The van der Waals surface area contributed by atoms with Gasteiger partial charge in [-0.2, -0.15) is 4.31 Å². The summed E-state index contributed by atoms with van der Waals surface area (Å²) in [4.78, 5) is 0.419. The van der Waals surface area contributed by atoms with Gasteiger partial charge < -0.3 is 5.32 Å². The van der Waals surface area contributed by atoms with Gasteiger partial charge in [-0.1, -0.05) is 6.07 Å². The molecule has 3 rings (SSSR count). The number of nitrogens with zero attached hydrogens (tertiary/aromatic N) is 1. The topological polar surface area (TPSA) is 49.4 Å². The molecule has 2 saturated heterocycles. The lowest BCUT2D eigenvalue weighted by atomic mass is 10.0. The Hall–Kier alpha value is -0.180. The highest BCUT2D eigenvalue weighted by atomic mass is 127. The molecule has 2 fully saturated rings. The van der Waals surface area contributed by atoms with Crippen molar-refractivity contribution in [2.24, 2.45) is 11.8 Å². The van der Waals surface area contributed by atoms with Crippen molar-refractivity contribution in [1.82, 2.24) is 9.62 Å². The number of fused-ring (bicyclic) bond motifs is 1. The van der Waals surface area contributed by atoms with Gasteiger partial charge in [0.05, 0.1) is 4.90 Å². The molecule has 0 radical (unpaired) electrons. The number of nitrogens with one attached hydrogen (secondary N) is 1. The zero-order valence-corrected chi connectivity index (χ0v) is 12.8. The lowest BCUT2D eigenvalue weighted by Gasteiger charge is -2.17. The van der Waals surface area contributed by atoms with Crippen LogP contribution in [0.1, 0.15) is 0 Å². The lowest BCUT2D eigenvalue weighted by Crippen LogP contribution is -2.31. The quantitative estimate of drug-likeness (QED) is 0.786. The average Bonchev–Trinajstić information content (AvgIpc) is 2.89. The highest BCUT2D eigenvalue weighted by Crippen LogP contribution is 2.30. The summed E-state index contributed by atoms with van der Waals surface area (Å²) in [5.41, 5.74) is 0. The van der Waals surface area contributed by atoms with Crippen LogP contribution in [0.15, 0.2) is 29.2 Å². The van der Waals surface area contributed by atoms with Crippen molar-refractivity contribution in [3.05, 3.63) is 27.8 Å². The minimum absolute atomic E-state index is 0.419. The molecule has 0 unspecified atom stereocenters. The third-order valence-electron chi connectivity index (χ3n) is 3.79. The van der Waals surface area contributed by atoms with Crippen molar-refractivity contribution in [3.63, 3.8) is 0 Å². The number of rotatable bonds is 2. The van der Waals surface area contributed by atoms with E-state index in [1.165, 1.54) is 0 Å². The maximum absolute atomic E-state index is 12.5. The van der Waals surface area contributed by atoms with Crippen LogP contribution in [0.2, 0.25) is 0 Å². The van der Waals surface area contributed by atoms with E-state index in [9.17, 15) is 8.42 Å². The Balaban J connectivity index is 1.87. The molecule has 98 valence electrons. The van der Waals surface area contributed by atoms with Crippen molar-refractivity contribution in [2.75, 3.05) is 26.2 Å². The summed E-state index contributed by atoms with van der Waals surface area (Å²) in [5.74, 6) is 0.977. The van der Waals surface area contributed by atoms with Gasteiger partial charge in [0, 0.05) is 16.7 Å². The third kappa shape index (κ3) is 2.19. The van der Waals surface area contributed by atoms with Crippen LogP contribution in [0.5, 0.6) is 0 Å². The van der Waals surface area contributed by atoms with E-state index in [0.29, 0.717) is 29.8 Å². The van der Waals surface area contributed by atoms with Gasteiger partial charge in [-0.25, -0.2) is 8.42 Å². The Labute approximate surface area is 121 Å². The number of benzene rings is 1. The van der Waals surface area contributed by atoms with Crippen LogP contribution in [-0.4, -0.2) is 38.9 Å². The molecule has 6 heteroatoms. The Morgan fingerprint density at radius 2 is 1.89 bits per heavy atom. The molecule has 1 aromatic carbocycles. The summed E-state index contributed by atoms with van der Waals surface area (Å²) in [7, 11) is -3.30. The lowest BCUT2D eigenvalue weighted by molar-refractivity contribution is 0.448. The van der Waals surface area contributed by atoms with Gasteiger partial charge in [0.2, 0.25) is 10.0 Å². The molecular formula is C12H15IN2O2S. The van der Waals surface area contributed by atoms with Gasteiger partial charge in [-0.05, 0) is 65.7 Å². The highest BCUT2D eigenvalue weighted by molar-refractivity contribution is 14.1. The van der Waals surface area contributed by atoms with E-state index in [4.69, 9.17) is 0 Å². The first-order chi connectivity index (χ1) is 8.57.